The van der Waals surface area contributed by atoms with Gasteiger partial charge in [-0.3, -0.25) is 0 Å². The number of aromatic nitrogens is 1. The van der Waals surface area contributed by atoms with E-state index in [1.165, 1.54) is 0 Å². The highest BCUT2D eigenvalue weighted by Crippen LogP contribution is 2.25. The van der Waals surface area contributed by atoms with Crippen LogP contribution in [-0.2, 0) is 0 Å². The molecule has 0 unspecified atom stereocenters. The van der Waals surface area contributed by atoms with Gasteiger partial charge < -0.3 is 15.4 Å². The number of hydrogen-bond acceptors (Lipinski definition) is 2. The molecular formula is C12H12N2O2. The molecule has 1 aromatic heterocycles. The molecule has 1 aromatic carbocycles. The van der Waals surface area contributed by atoms with E-state index in [-0.39, 0.29) is 5.56 Å². The van der Waals surface area contributed by atoms with E-state index in [1.54, 1.807) is 12.1 Å². The van der Waals surface area contributed by atoms with Crippen molar-refractivity contribution in [3.8, 4) is 0 Å². The Balaban J connectivity index is 2.58. The molecule has 4 heteroatoms. The summed E-state index contributed by atoms with van der Waals surface area (Å²) in [5.74, 6) is -0.419. The molecule has 82 valence electrons. The third-order valence-electron chi connectivity index (χ3n) is 2.34. The second-order valence-electron chi connectivity index (χ2n) is 3.40. The Hall–Kier alpha value is -2.23. The lowest BCUT2D eigenvalue weighted by molar-refractivity contribution is 0.0700. The number of carbonyl (C=O) groups is 1. The largest absolute Gasteiger partial charge is 0.478 e. The first-order valence-electron chi connectivity index (χ1n) is 4.93. The van der Waals surface area contributed by atoms with Crippen LogP contribution in [0.4, 0.5) is 5.82 Å². The van der Waals surface area contributed by atoms with Crippen LogP contribution in [0.3, 0.4) is 0 Å². The summed E-state index contributed by atoms with van der Waals surface area (Å²) in [6, 6.07) is 7.32. The molecule has 0 bridgehead atoms. The van der Waals surface area contributed by atoms with Crippen molar-refractivity contribution in [2.45, 2.75) is 0 Å². The van der Waals surface area contributed by atoms with E-state index < -0.39 is 5.97 Å². The van der Waals surface area contributed by atoms with Crippen LogP contribution in [0.2, 0.25) is 0 Å². The maximum absolute atomic E-state index is 11.2. The minimum absolute atomic E-state index is 0.275. The van der Waals surface area contributed by atoms with Crippen LogP contribution in [0.5, 0.6) is 0 Å². The number of aromatic carboxylic acids is 1. The van der Waals surface area contributed by atoms with Gasteiger partial charge in [0.1, 0.15) is 11.4 Å². The highest BCUT2D eigenvalue weighted by Gasteiger charge is 2.16. The molecule has 2 rings (SSSR count). The molecule has 0 fully saturated rings. The zero-order valence-corrected chi connectivity index (χ0v) is 8.66. The number of hydrogen-bond donors (Lipinski definition) is 3. The highest BCUT2D eigenvalue weighted by molar-refractivity contribution is 6.08. The van der Waals surface area contributed by atoms with Gasteiger partial charge in [-0.15, -0.1) is 6.58 Å². The zero-order chi connectivity index (χ0) is 11.5. The Morgan fingerprint density at radius 2 is 2.25 bits per heavy atom. The van der Waals surface area contributed by atoms with Crippen molar-refractivity contribution in [1.82, 2.24) is 4.98 Å². The van der Waals surface area contributed by atoms with Crippen molar-refractivity contribution in [2.24, 2.45) is 0 Å². The third-order valence-corrected chi connectivity index (χ3v) is 2.34. The summed E-state index contributed by atoms with van der Waals surface area (Å²) < 4.78 is 0. The van der Waals surface area contributed by atoms with E-state index in [4.69, 9.17) is 5.11 Å². The molecule has 0 radical (unpaired) electrons. The van der Waals surface area contributed by atoms with Gasteiger partial charge in [0.15, 0.2) is 0 Å². The van der Waals surface area contributed by atoms with Gasteiger partial charge in [-0.05, 0) is 6.07 Å². The summed E-state index contributed by atoms with van der Waals surface area (Å²) in [7, 11) is 0. The number of nitrogens with one attached hydrogen (secondary N) is 2. The molecule has 0 saturated heterocycles. The molecule has 0 aliphatic heterocycles. The summed E-state index contributed by atoms with van der Waals surface area (Å²) in [4.78, 5) is 14.2. The zero-order valence-electron chi connectivity index (χ0n) is 8.66. The smallest absolute Gasteiger partial charge is 0.340 e. The number of fused-ring (bicyclic) bond motifs is 1. The first kappa shape index (κ1) is 10.3. The first-order chi connectivity index (χ1) is 7.74. The number of aromatic amines is 1. The molecule has 0 aliphatic rings. The number of para-hydroxylation sites is 1. The van der Waals surface area contributed by atoms with Crippen LogP contribution in [0.25, 0.3) is 10.9 Å². The first-order valence-corrected chi connectivity index (χ1v) is 4.93. The molecule has 16 heavy (non-hydrogen) atoms. The number of anilines is 1. The number of H-pyrrole nitrogens is 1. The number of carboxylic acid groups (broad SMARTS) is 1. The van der Waals surface area contributed by atoms with Crippen molar-refractivity contribution in [2.75, 3.05) is 11.9 Å². The lowest BCUT2D eigenvalue weighted by atomic mass is 10.1. The monoisotopic (exact) mass is 216 g/mol. The van der Waals surface area contributed by atoms with Crippen LogP contribution >= 0.6 is 0 Å². The maximum atomic E-state index is 11.2. The van der Waals surface area contributed by atoms with Gasteiger partial charge in [0.25, 0.3) is 0 Å². The summed E-state index contributed by atoms with van der Waals surface area (Å²) in [6.07, 6.45) is 1.68. The quantitative estimate of drug-likeness (QED) is 0.688. The maximum Gasteiger partial charge on any atom is 0.340 e. The SMILES string of the molecule is C=CCNc1[nH]c2ccccc2c1C(=O)O. The van der Waals surface area contributed by atoms with Crippen LogP contribution in [0, 0.1) is 0 Å². The van der Waals surface area contributed by atoms with Crippen molar-refractivity contribution in [3.63, 3.8) is 0 Å². The lowest BCUT2D eigenvalue weighted by Gasteiger charge is -2.01. The molecule has 0 saturated carbocycles. The van der Waals surface area contributed by atoms with Gasteiger partial charge in [0.05, 0.1) is 0 Å². The minimum Gasteiger partial charge on any atom is -0.478 e. The Morgan fingerprint density at radius 1 is 1.50 bits per heavy atom. The summed E-state index contributed by atoms with van der Waals surface area (Å²) in [5.41, 5.74) is 1.09. The van der Waals surface area contributed by atoms with E-state index >= 15 is 0 Å². The third kappa shape index (κ3) is 1.65. The molecular weight excluding hydrogens is 204 g/mol. The Kier molecular flexibility index (Phi) is 2.64. The van der Waals surface area contributed by atoms with Crippen LogP contribution in [0.1, 0.15) is 10.4 Å². The molecule has 0 aliphatic carbocycles. The van der Waals surface area contributed by atoms with Gasteiger partial charge in [-0.25, -0.2) is 4.79 Å². The Morgan fingerprint density at radius 3 is 2.94 bits per heavy atom. The number of carboxylic acids is 1. The second kappa shape index (κ2) is 4.10. The summed E-state index contributed by atoms with van der Waals surface area (Å²) in [6.45, 7) is 4.10. The number of rotatable bonds is 4. The van der Waals surface area contributed by atoms with Gasteiger partial charge in [0.2, 0.25) is 0 Å². The fourth-order valence-corrected chi connectivity index (χ4v) is 1.67. The minimum atomic E-state index is -0.941. The molecule has 0 atom stereocenters. The molecule has 2 aromatic rings. The second-order valence-corrected chi connectivity index (χ2v) is 3.40. The van der Waals surface area contributed by atoms with Crippen molar-refractivity contribution in [1.29, 1.82) is 0 Å². The molecule has 1 heterocycles. The fourth-order valence-electron chi connectivity index (χ4n) is 1.67. The number of benzene rings is 1. The van der Waals surface area contributed by atoms with Crippen LogP contribution in [0.15, 0.2) is 36.9 Å². The van der Waals surface area contributed by atoms with Crippen LogP contribution in [-0.4, -0.2) is 22.6 Å². The van der Waals surface area contributed by atoms with E-state index in [0.29, 0.717) is 17.7 Å². The van der Waals surface area contributed by atoms with Crippen LogP contribution < -0.4 is 5.32 Å². The highest BCUT2D eigenvalue weighted by atomic mass is 16.4. The molecule has 3 N–H and O–H groups in total. The summed E-state index contributed by atoms with van der Waals surface area (Å²) in [5, 5.41) is 12.9. The van der Waals surface area contributed by atoms with Gasteiger partial charge in [-0.1, -0.05) is 24.3 Å². The van der Waals surface area contributed by atoms with E-state index in [0.717, 1.165) is 5.52 Å². The van der Waals surface area contributed by atoms with Gasteiger partial charge >= 0.3 is 5.97 Å². The Labute approximate surface area is 92.6 Å². The normalized spacial score (nSPS) is 10.2. The van der Waals surface area contributed by atoms with E-state index in [9.17, 15) is 4.79 Å². The van der Waals surface area contributed by atoms with Gasteiger partial charge in [0, 0.05) is 17.4 Å². The molecule has 0 amide bonds. The topological polar surface area (TPSA) is 65.1 Å². The average Bonchev–Trinajstić information content (AvgIpc) is 2.64. The van der Waals surface area contributed by atoms with Gasteiger partial charge in [-0.2, -0.15) is 0 Å². The van der Waals surface area contributed by atoms with E-state index in [2.05, 4.69) is 16.9 Å². The Bertz CT molecular complexity index is 543. The van der Waals surface area contributed by atoms with E-state index in [1.807, 2.05) is 18.2 Å². The van der Waals surface area contributed by atoms with Crippen molar-refractivity contribution in [3.05, 3.63) is 42.5 Å². The average molecular weight is 216 g/mol. The standard InChI is InChI=1S/C12H12N2O2/c1-2-7-13-11-10(12(15)16)8-5-3-4-6-9(8)14-11/h2-6,13-14H,1,7H2,(H,15,16). The lowest BCUT2D eigenvalue weighted by Crippen LogP contribution is -2.04. The van der Waals surface area contributed by atoms with Crippen molar-refractivity contribution >= 4 is 22.7 Å². The predicted octanol–water partition coefficient (Wildman–Crippen LogP) is 2.46. The fraction of sp³-hybridized carbons (Fsp3) is 0.0833. The summed E-state index contributed by atoms with van der Waals surface area (Å²) >= 11 is 0. The predicted molar refractivity (Wildman–Crippen MR) is 63.9 cm³/mol. The molecule has 0 spiro atoms. The molecule has 4 nitrogen and oxygen atoms in total. The van der Waals surface area contributed by atoms with Crippen molar-refractivity contribution < 1.29 is 9.90 Å².